The molecule has 1 atom stereocenters. The molecule has 136 valence electrons. The van der Waals surface area contributed by atoms with Crippen LogP contribution in [0.15, 0.2) is 47.8 Å². The van der Waals surface area contributed by atoms with E-state index in [0.29, 0.717) is 12.4 Å². The first-order valence-corrected chi connectivity index (χ1v) is 9.10. The number of thiophene rings is 1. The molecular weight excluding hydrogens is 354 g/mol. The normalized spacial score (nSPS) is 16.9. The molecule has 3 rings (SSSR count). The number of nitrogens with one attached hydrogen (secondary N) is 2. The second-order valence-electron chi connectivity index (χ2n) is 5.69. The van der Waals surface area contributed by atoms with Crippen molar-refractivity contribution in [1.82, 2.24) is 15.5 Å². The Bertz CT molecular complexity index is 764. The van der Waals surface area contributed by atoms with Crippen LogP contribution in [0.2, 0.25) is 0 Å². The van der Waals surface area contributed by atoms with Gasteiger partial charge in [-0.2, -0.15) is 0 Å². The van der Waals surface area contributed by atoms with Crippen molar-refractivity contribution in [3.8, 4) is 5.75 Å². The van der Waals surface area contributed by atoms with Crippen molar-refractivity contribution in [1.29, 1.82) is 0 Å². The first kappa shape index (κ1) is 17.9. The molecule has 1 aromatic carbocycles. The summed E-state index contributed by atoms with van der Waals surface area (Å²) in [5.41, 5.74) is 0. The molecule has 0 spiro atoms. The number of rotatable bonds is 7. The number of urea groups is 1. The Hall–Kier alpha value is -2.87. The number of carbonyl (C=O) groups excluding carboxylic acids is 3. The zero-order chi connectivity index (χ0) is 18.4. The van der Waals surface area contributed by atoms with E-state index in [0.717, 1.165) is 9.78 Å². The quantitative estimate of drug-likeness (QED) is 0.570. The molecule has 1 fully saturated rings. The van der Waals surface area contributed by atoms with Gasteiger partial charge >= 0.3 is 6.03 Å². The Morgan fingerprint density at radius 1 is 1.23 bits per heavy atom. The zero-order valence-electron chi connectivity index (χ0n) is 14.0. The Morgan fingerprint density at radius 2 is 2.04 bits per heavy atom. The predicted molar refractivity (Wildman–Crippen MR) is 96.7 cm³/mol. The first-order valence-electron chi connectivity index (χ1n) is 8.22. The van der Waals surface area contributed by atoms with Crippen LogP contribution in [-0.2, 0) is 16.1 Å². The van der Waals surface area contributed by atoms with Gasteiger partial charge in [0.05, 0.1) is 13.1 Å². The lowest BCUT2D eigenvalue weighted by atomic mass is 10.1. The fraction of sp³-hybridized carbons (Fsp3) is 0.278. The van der Waals surface area contributed by atoms with Crippen molar-refractivity contribution in [2.75, 3.05) is 19.7 Å². The van der Waals surface area contributed by atoms with Crippen LogP contribution >= 0.6 is 11.3 Å². The molecule has 2 aromatic rings. The average Bonchev–Trinajstić information content (AvgIpc) is 3.16. The Kier molecular flexibility index (Phi) is 5.85. The molecule has 1 aliphatic rings. The van der Waals surface area contributed by atoms with Crippen LogP contribution < -0.4 is 15.4 Å². The lowest BCUT2D eigenvalue weighted by Gasteiger charge is -2.30. The van der Waals surface area contributed by atoms with Crippen molar-refractivity contribution in [2.24, 2.45) is 5.92 Å². The van der Waals surface area contributed by atoms with Crippen LogP contribution in [0.25, 0.3) is 0 Å². The van der Waals surface area contributed by atoms with Crippen molar-refractivity contribution in [2.45, 2.75) is 6.54 Å². The molecule has 0 saturated carbocycles. The maximum Gasteiger partial charge on any atom is 0.324 e. The summed E-state index contributed by atoms with van der Waals surface area (Å²) < 4.78 is 5.50. The summed E-state index contributed by atoms with van der Waals surface area (Å²) in [5.74, 6) is -1.11. The number of nitrogens with zero attached hydrogens (tertiary/aromatic N) is 1. The highest BCUT2D eigenvalue weighted by Crippen LogP contribution is 2.17. The van der Waals surface area contributed by atoms with Crippen LogP contribution in [-0.4, -0.2) is 42.4 Å². The molecule has 1 unspecified atom stereocenters. The van der Waals surface area contributed by atoms with Gasteiger partial charge < -0.3 is 15.4 Å². The van der Waals surface area contributed by atoms with Gasteiger partial charge in [0.1, 0.15) is 18.3 Å². The van der Waals surface area contributed by atoms with Gasteiger partial charge in [0.15, 0.2) is 0 Å². The number of hydrogen-bond donors (Lipinski definition) is 2. The topological polar surface area (TPSA) is 87.7 Å². The number of para-hydroxylation sites is 1. The number of ether oxygens (including phenoxy) is 1. The second-order valence-corrected chi connectivity index (χ2v) is 6.73. The minimum absolute atomic E-state index is 0.00395. The van der Waals surface area contributed by atoms with Gasteiger partial charge in [-0.15, -0.1) is 11.3 Å². The molecule has 0 radical (unpaired) electrons. The van der Waals surface area contributed by atoms with Crippen LogP contribution in [0, 0.1) is 5.92 Å². The highest BCUT2D eigenvalue weighted by atomic mass is 32.1. The fourth-order valence-corrected chi connectivity index (χ4v) is 3.25. The summed E-state index contributed by atoms with van der Waals surface area (Å²) in [6.45, 7) is 0.742. The van der Waals surface area contributed by atoms with Crippen molar-refractivity contribution >= 4 is 29.2 Å². The average molecular weight is 373 g/mol. The van der Waals surface area contributed by atoms with E-state index in [1.807, 2.05) is 47.8 Å². The summed E-state index contributed by atoms with van der Waals surface area (Å²) >= 11 is 1.45. The Balaban J connectivity index is 1.50. The van der Waals surface area contributed by atoms with E-state index in [9.17, 15) is 14.4 Å². The minimum Gasteiger partial charge on any atom is -0.492 e. The van der Waals surface area contributed by atoms with E-state index in [1.165, 1.54) is 11.3 Å². The summed E-state index contributed by atoms with van der Waals surface area (Å²) in [4.78, 5) is 38.8. The summed E-state index contributed by atoms with van der Waals surface area (Å²) in [6.07, 6.45) is 0. The van der Waals surface area contributed by atoms with E-state index in [4.69, 9.17) is 4.74 Å². The largest absolute Gasteiger partial charge is 0.492 e. The fourth-order valence-electron chi connectivity index (χ4n) is 2.56. The maximum absolute atomic E-state index is 12.5. The highest BCUT2D eigenvalue weighted by molar-refractivity contribution is 7.09. The standard InChI is InChI=1S/C18H19N3O4S/c22-16(19-8-9-25-13-5-2-1-3-6-13)15-11-20-18(24)21(17(15)23)12-14-7-4-10-26-14/h1-7,10,15H,8-9,11-12H2,(H,19,22)(H,20,24). The van der Waals surface area contributed by atoms with E-state index < -0.39 is 23.8 Å². The van der Waals surface area contributed by atoms with Crippen LogP contribution in [0.1, 0.15) is 4.88 Å². The molecule has 8 heteroatoms. The van der Waals surface area contributed by atoms with Crippen molar-refractivity contribution in [3.05, 3.63) is 52.7 Å². The number of amides is 4. The van der Waals surface area contributed by atoms with Crippen LogP contribution in [0.4, 0.5) is 4.79 Å². The smallest absolute Gasteiger partial charge is 0.324 e. The molecule has 0 bridgehead atoms. The Labute approximate surface area is 155 Å². The van der Waals surface area contributed by atoms with Gasteiger partial charge in [-0.3, -0.25) is 14.5 Å². The maximum atomic E-state index is 12.5. The number of carbonyl (C=O) groups is 3. The SMILES string of the molecule is O=C(NCCOc1ccccc1)C1CNC(=O)N(Cc2cccs2)C1=O. The third kappa shape index (κ3) is 4.40. The molecule has 7 nitrogen and oxygen atoms in total. The van der Waals surface area contributed by atoms with Crippen LogP contribution in [0.5, 0.6) is 5.75 Å². The molecule has 1 aromatic heterocycles. The monoisotopic (exact) mass is 373 g/mol. The van der Waals surface area contributed by atoms with E-state index in [-0.39, 0.29) is 19.6 Å². The molecule has 1 saturated heterocycles. The van der Waals surface area contributed by atoms with Crippen molar-refractivity contribution in [3.63, 3.8) is 0 Å². The lowest BCUT2D eigenvalue weighted by molar-refractivity contribution is -0.141. The summed E-state index contributed by atoms with van der Waals surface area (Å²) in [7, 11) is 0. The Morgan fingerprint density at radius 3 is 2.77 bits per heavy atom. The van der Waals surface area contributed by atoms with Gasteiger partial charge in [0, 0.05) is 11.4 Å². The molecule has 2 heterocycles. The first-order chi connectivity index (χ1) is 12.6. The summed E-state index contributed by atoms with van der Waals surface area (Å²) in [5, 5.41) is 7.16. The number of hydrogen-bond acceptors (Lipinski definition) is 5. The third-order valence-corrected chi connectivity index (χ3v) is 4.75. The number of benzene rings is 1. The minimum atomic E-state index is -0.926. The van der Waals surface area contributed by atoms with Crippen molar-refractivity contribution < 1.29 is 19.1 Å². The number of imide groups is 1. The molecule has 4 amide bonds. The molecule has 1 aliphatic heterocycles. The van der Waals surface area contributed by atoms with Gasteiger partial charge in [0.2, 0.25) is 11.8 Å². The van der Waals surface area contributed by atoms with E-state index in [1.54, 1.807) is 0 Å². The molecular formula is C18H19N3O4S. The van der Waals surface area contributed by atoms with E-state index in [2.05, 4.69) is 10.6 Å². The van der Waals surface area contributed by atoms with Gasteiger partial charge in [-0.25, -0.2) is 4.79 Å². The zero-order valence-corrected chi connectivity index (χ0v) is 14.8. The molecule has 2 N–H and O–H groups in total. The molecule has 26 heavy (non-hydrogen) atoms. The molecule has 0 aliphatic carbocycles. The second kappa shape index (κ2) is 8.48. The summed E-state index contributed by atoms with van der Waals surface area (Å²) in [6, 6.07) is 12.5. The van der Waals surface area contributed by atoms with E-state index >= 15 is 0 Å². The predicted octanol–water partition coefficient (Wildman–Crippen LogP) is 1.61. The highest BCUT2D eigenvalue weighted by Gasteiger charge is 2.38. The van der Waals surface area contributed by atoms with Gasteiger partial charge in [-0.1, -0.05) is 24.3 Å². The third-order valence-electron chi connectivity index (χ3n) is 3.89. The van der Waals surface area contributed by atoms with Gasteiger partial charge in [0.25, 0.3) is 0 Å². The lowest BCUT2D eigenvalue weighted by Crippen LogP contribution is -2.58. The van der Waals surface area contributed by atoms with Gasteiger partial charge in [-0.05, 0) is 23.6 Å². The van der Waals surface area contributed by atoms with Crippen LogP contribution in [0.3, 0.4) is 0 Å².